The summed E-state index contributed by atoms with van der Waals surface area (Å²) in [5.74, 6) is 5.76. The first-order chi connectivity index (χ1) is 15.2. The minimum atomic E-state index is -0.515. The number of carbonyl (C=O) groups excluding carboxylic acids is 1. The standard InChI is InChI=1S/C29H28O2/c1-3-5-6-9-16-23-17-14-15-22-26(23)29(30)31-27(4-2)28(24-18-10-7-11-19-24)25-20-12-8-13-21-25/h4,7-8,10-15,17-22,27-28H,2-3,5-6H2,1H3. The first kappa shape index (κ1) is 22.1. The van der Waals surface area contributed by atoms with E-state index in [0.717, 1.165) is 30.4 Å². The van der Waals surface area contributed by atoms with Crippen molar-refractivity contribution >= 4 is 5.97 Å². The van der Waals surface area contributed by atoms with E-state index in [-0.39, 0.29) is 11.9 Å². The number of unbranched alkanes of at least 4 members (excludes halogenated alkanes) is 2. The molecule has 0 N–H and O–H groups in total. The Balaban J connectivity index is 1.89. The molecular weight excluding hydrogens is 380 g/mol. The molecule has 2 nitrogen and oxygen atoms in total. The van der Waals surface area contributed by atoms with Crippen LogP contribution in [0.3, 0.4) is 0 Å². The van der Waals surface area contributed by atoms with Crippen molar-refractivity contribution in [1.29, 1.82) is 0 Å². The highest BCUT2D eigenvalue weighted by Gasteiger charge is 2.27. The summed E-state index contributed by atoms with van der Waals surface area (Å²) in [6, 6.07) is 27.5. The van der Waals surface area contributed by atoms with Crippen molar-refractivity contribution in [3.63, 3.8) is 0 Å². The predicted octanol–water partition coefficient (Wildman–Crippen LogP) is 6.77. The Morgan fingerprint density at radius 1 is 0.935 bits per heavy atom. The Kier molecular flexibility index (Phi) is 8.26. The van der Waals surface area contributed by atoms with E-state index in [1.54, 1.807) is 12.1 Å². The van der Waals surface area contributed by atoms with Gasteiger partial charge in [-0.1, -0.05) is 111 Å². The molecule has 0 spiro atoms. The van der Waals surface area contributed by atoms with Crippen molar-refractivity contribution in [2.24, 2.45) is 0 Å². The molecule has 3 rings (SSSR count). The third-order valence-electron chi connectivity index (χ3n) is 5.15. The van der Waals surface area contributed by atoms with Crippen LogP contribution in [-0.2, 0) is 4.74 Å². The van der Waals surface area contributed by atoms with E-state index in [1.807, 2.05) is 54.6 Å². The topological polar surface area (TPSA) is 26.3 Å². The first-order valence-electron chi connectivity index (χ1n) is 10.8. The normalized spacial score (nSPS) is 11.3. The number of rotatable bonds is 8. The predicted molar refractivity (Wildman–Crippen MR) is 127 cm³/mol. The quantitative estimate of drug-likeness (QED) is 0.178. The van der Waals surface area contributed by atoms with Gasteiger partial charge in [0.05, 0.1) is 5.56 Å². The number of hydrogen-bond acceptors (Lipinski definition) is 2. The molecule has 0 amide bonds. The average Bonchev–Trinajstić information content (AvgIpc) is 2.83. The van der Waals surface area contributed by atoms with E-state index in [4.69, 9.17) is 4.74 Å². The molecule has 0 heterocycles. The second kappa shape index (κ2) is 11.6. The average molecular weight is 409 g/mol. The molecule has 0 saturated carbocycles. The van der Waals surface area contributed by atoms with Crippen LogP contribution in [0.4, 0.5) is 0 Å². The summed E-state index contributed by atoms with van der Waals surface area (Å²) < 4.78 is 6.00. The van der Waals surface area contributed by atoms with Gasteiger partial charge in [-0.05, 0) is 29.7 Å². The van der Waals surface area contributed by atoms with E-state index >= 15 is 0 Å². The zero-order valence-electron chi connectivity index (χ0n) is 18.0. The molecule has 3 aromatic carbocycles. The van der Waals surface area contributed by atoms with Crippen molar-refractivity contribution in [2.75, 3.05) is 0 Å². The van der Waals surface area contributed by atoms with Crippen molar-refractivity contribution in [1.82, 2.24) is 0 Å². The largest absolute Gasteiger partial charge is 0.453 e. The van der Waals surface area contributed by atoms with E-state index < -0.39 is 6.10 Å². The Hall–Kier alpha value is -3.57. The zero-order chi connectivity index (χ0) is 21.9. The van der Waals surface area contributed by atoms with Gasteiger partial charge in [0.25, 0.3) is 0 Å². The summed E-state index contributed by atoms with van der Waals surface area (Å²) in [5.41, 5.74) is 3.32. The SMILES string of the molecule is C=CC(OC(=O)c1ccccc1C#CCCCC)C(c1ccccc1)c1ccccc1. The third kappa shape index (κ3) is 5.96. The fraction of sp³-hybridized carbons (Fsp3) is 0.207. The molecule has 1 atom stereocenters. The van der Waals surface area contributed by atoms with Gasteiger partial charge in [-0.3, -0.25) is 0 Å². The number of ether oxygens (including phenoxy) is 1. The van der Waals surface area contributed by atoms with Crippen LogP contribution in [0, 0.1) is 11.8 Å². The molecule has 156 valence electrons. The maximum Gasteiger partial charge on any atom is 0.340 e. The van der Waals surface area contributed by atoms with Gasteiger partial charge in [-0.25, -0.2) is 4.79 Å². The highest BCUT2D eigenvalue weighted by Crippen LogP contribution is 2.31. The number of esters is 1. The molecular formula is C29H28O2. The molecule has 0 aliphatic rings. The first-order valence-corrected chi connectivity index (χ1v) is 10.8. The van der Waals surface area contributed by atoms with Crippen molar-refractivity contribution < 1.29 is 9.53 Å². The number of benzene rings is 3. The number of hydrogen-bond donors (Lipinski definition) is 0. The summed E-state index contributed by atoms with van der Waals surface area (Å²) in [7, 11) is 0. The van der Waals surface area contributed by atoms with Crippen molar-refractivity contribution in [3.05, 3.63) is 120 Å². The van der Waals surface area contributed by atoms with Crippen molar-refractivity contribution in [3.8, 4) is 11.8 Å². The van der Waals surface area contributed by atoms with Crippen LogP contribution in [0.25, 0.3) is 0 Å². The van der Waals surface area contributed by atoms with Gasteiger partial charge in [-0.2, -0.15) is 0 Å². The summed E-state index contributed by atoms with van der Waals surface area (Å²) in [4.78, 5) is 13.2. The van der Waals surface area contributed by atoms with Crippen LogP contribution in [0.1, 0.15) is 59.2 Å². The van der Waals surface area contributed by atoms with Crippen LogP contribution < -0.4 is 0 Å². The van der Waals surface area contributed by atoms with E-state index in [1.165, 1.54) is 0 Å². The Morgan fingerprint density at radius 2 is 1.52 bits per heavy atom. The number of carbonyl (C=O) groups is 1. The van der Waals surface area contributed by atoms with Gasteiger partial charge in [0, 0.05) is 17.9 Å². The second-order valence-electron chi connectivity index (χ2n) is 7.36. The molecule has 0 aromatic heterocycles. The molecule has 0 bridgehead atoms. The molecule has 0 fully saturated rings. The molecule has 0 aliphatic heterocycles. The van der Waals surface area contributed by atoms with Crippen LogP contribution >= 0.6 is 0 Å². The third-order valence-corrected chi connectivity index (χ3v) is 5.15. The van der Waals surface area contributed by atoms with Crippen LogP contribution in [0.15, 0.2) is 97.6 Å². The lowest BCUT2D eigenvalue weighted by Gasteiger charge is -2.26. The van der Waals surface area contributed by atoms with Crippen molar-refractivity contribution in [2.45, 2.75) is 38.2 Å². The minimum Gasteiger partial charge on any atom is -0.453 e. The monoisotopic (exact) mass is 408 g/mol. The lowest BCUT2D eigenvalue weighted by atomic mass is 9.86. The summed E-state index contributed by atoms with van der Waals surface area (Å²) in [6.45, 7) is 6.10. The van der Waals surface area contributed by atoms with Gasteiger partial charge >= 0.3 is 5.97 Å². The minimum absolute atomic E-state index is 0.147. The molecule has 1 unspecified atom stereocenters. The van der Waals surface area contributed by atoms with Crippen LogP contribution in [0.2, 0.25) is 0 Å². The van der Waals surface area contributed by atoms with E-state index in [0.29, 0.717) is 11.1 Å². The van der Waals surface area contributed by atoms with E-state index in [9.17, 15) is 4.79 Å². The van der Waals surface area contributed by atoms with Gasteiger partial charge < -0.3 is 4.74 Å². The Bertz CT molecular complexity index is 1000. The second-order valence-corrected chi connectivity index (χ2v) is 7.36. The molecule has 3 aromatic rings. The highest BCUT2D eigenvalue weighted by molar-refractivity contribution is 5.92. The Morgan fingerprint density at radius 3 is 2.10 bits per heavy atom. The smallest absolute Gasteiger partial charge is 0.340 e. The van der Waals surface area contributed by atoms with Gasteiger partial charge in [0.1, 0.15) is 6.10 Å². The maximum atomic E-state index is 13.2. The van der Waals surface area contributed by atoms with Gasteiger partial charge in [-0.15, -0.1) is 0 Å². The highest BCUT2D eigenvalue weighted by atomic mass is 16.5. The zero-order valence-corrected chi connectivity index (χ0v) is 18.0. The molecule has 2 heteroatoms. The van der Waals surface area contributed by atoms with Crippen LogP contribution in [0.5, 0.6) is 0 Å². The molecule has 0 saturated heterocycles. The van der Waals surface area contributed by atoms with Gasteiger partial charge in [0.2, 0.25) is 0 Å². The van der Waals surface area contributed by atoms with Crippen LogP contribution in [-0.4, -0.2) is 12.1 Å². The summed E-state index contributed by atoms with van der Waals surface area (Å²) in [6.07, 6.45) is 4.16. The fourth-order valence-electron chi connectivity index (χ4n) is 3.52. The summed E-state index contributed by atoms with van der Waals surface area (Å²) >= 11 is 0. The molecule has 0 radical (unpaired) electrons. The van der Waals surface area contributed by atoms with E-state index in [2.05, 4.69) is 49.6 Å². The van der Waals surface area contributed by atoms with Gasteiger partial charge in [0.15, 0.2) is 0 Å². The molecule has 0 aliphatic carbocycles. The molecule has 31 heavy (non-hydrogen) atoms. The maximum absolute atomic E-state index is 13.2. The lowest BCUT2D eigenvalue weighted by molar-refractivity contribution is 0.0367. The fourth-order valence-corrected chi connectivity index (χ4v) is 3.52. The summed E-state index contributed by atoms with van der Waals surface area (Å²) in [5, 5.41) is 0. The Labute approximate surface area is 185 Å². The lowest BCUT2D eigenvalue weighted by Crippen LogP contribution is -2.25.